The zero-order valence-corrected chi connectivity index (χ0v) is 16.6. The lowest BCUT2D eigenvalue weighted by atomic mass is 10.2. The van der Waals surface area contributed by atoms with E-state index in [-0.39, 0.29) is 5.91 Å². The minimum atomic E-state index is -0.963. The summed E-state index contributed by atoms with van der Waals surface area (Å²) < 4.78 is 31.8. The predicted molar refractivity (Wildman–Crippen MR) is 102 cm³/mol. The normalized spacial score (nSPS) is 16.9. The van der Waals surface area contributed by atoms with Crippen LogP contribution >= 0.6 is 11.3 Å². The van der Waals surface area contributed by atoms with Crippen LogP contribution in [0, 0.1) is 11.6 Å². The van der Waals surface area contributed by atoms with E-state index in [2.05, 4.69) is 10.3 Å². The summed E-state index contributed by atoms with van der Waals surface area (Å²) in [5.74, 6) is -2.25. The maximum atomic E-state index is 13.4. The van der Waals surface area contributed by atoms with E-state index in [9.17, 15) is 18.4 Å². The Hall–Kier alpha value is -2.55. The Morgan fingerprint density at radius 2 is 2.04 bits per heavy atom. The number of thiazole rings is 1. The van der Waals surface area contributed by atoms with E-state index in [4.69, 9.17) is 4.74 Å². The average molecular weight is 409 g/mol. The van der Waals surface area contributed by atoms with E-state index in [1.807, 2.05) is 0 Å². The lowest BCUT2D eigenvalue weighted by molar-refractivity contribution is -0.120. The van der Waals surface area contributed by atoms with Crippen molar-refractivity contribution in [1.82, 2.24) is 9.88 Å². The monoisotopic (exact) mass is 409 g/mol. The maximum absolute atomic E-state index is 13.4. The van der Waals surface area contributed by atoms with Crippen molar-refractivity contribution < 1.29 is 23.1 Å². The molecule has 2 amide bonds. The molecule has 150 valence electrons. The van der Waals surface area contributed by atoms with Crippen LogP contribution in [0.3, 0.4) is 0 Å². The number of rotatable bonds is 3. The molecule has 1 fully saturated rings. The standard InChI is InChI=1S/C19H21F2N3O3S/c1-19(2,3)27-18(26)24-8-4-5-15(24)16(25)23-17-22-14(10-28-17)11-6-7-12(20)13(21)9-11/h6-7,9-10,15H,4-5,8H2,1-3H3,(H,22,23,25)/t15-/m0/s1. The van der Waals surface area contributed by atoms with Crippen LogP contribution in [-0.4, -0.2) is 40.1 Å². The largest absolute Gasteiger partial charge is 0.444 e. The van der Waals surface area contributed by atoms with E-state index < -0.39 is 29.4 Å². The molecule has 6 nitrogen and oxygen atoms in total. The zero-order valence-electron chi connectivity index (χ0n) is 15.8. The second-order valence-electron chi connectivity index (χ2n) is 7.49. The highest BCUT2D eigenvalue weighted by Gasteiger charge is 2.36. The molecule has 0 radical (unpaired) electrons. The SMILES string of the molecule is CC(C)(C)OC(=O)N1CCC[C@H]1C(=O)Nc1nc(-c2ccc(F)c(F)c2)cs1. The number of carbonyl (C=O) groups excluding carboxylic acids is 2. The van der Waals surface area contributed by atoms with Crippen LogP contribution < -0.4 is 5.32 Å². The summed E-state index contributed by atoms with van der Waals surface area (Å²) in [6, 6.07) is 2.86. The Balaban J connectivity index is 1.68. The summed E-state index contributed by atoms with van der Waals surface area (Å²) in [6.45, 7) is 5.76. The van der Waals surface area contributed by atoms with E-state index in [1.54, 1.807) is 26.2 Å². The fourth-order valence-corrected chi connectivity index (χ4v) is 3.61. The van der Waals surface area contributed by atoms with Gasteiger partial charge in [0.15, 0.2) is 16.8 Å². The fraction of sp³-hybridized carbons (Fsp3) is 0.421. The fourth-order valence-electron chi connectivity index (χ4n) is 2.89. The molecular formula is C19H21F2N3O3S. The van der Waals surface area contributed by atoms with Gasteiger partial charge in [-0.3, -0.25) is 9.69 Å². The molecule has 1 atom stereocenters. The molecule has 1 saturated heterocycles. The highest BCUT2D eigenvalue weighted by atomic mass is 32.1. The lowest BCUT2D eigenvalue weighted by Crippen LogP contribution is -2.45. The minimum absolute atomic E-state index is 0.320. The number of ether oxygens (including phenoxy) is 1. The number of amides is 2. The average Bonchev–Trinajstić information content (AvgIpc) is 3.25. The topological polar surface area (TPSA) is 71.5 Å². The number of nitrogens with one attached hydrogen (secondary N) is 1. The summed E-state index contributed by atoms with van der Waals surface area (Å²) in [7, 11) is 0. The number of anilines is 1. The van der Waals surface area contributed by atoms with Crippen LogP contribution in [0.15, 0.2) is 23.6 Å². The number of hydrogen-bond donors (Lipinski definition) is 1. The third-order valence-corrected chi connectivity index (χ3v) is 4.89. The molecule has 9 heteroatoms. The Labute approximate surface area is 165 Å². The van der Waals surface area contributed by atoms with Crippen molar-refractivity contribution >= 4 is 28.5 Å². The smallest absolute Gasteiger partial charge is 0.410 e. The summed E-state index contributed by atoms with van der Waals surface area (Å²) in [6.07, 6.45) is 0.716. The molecule has 0 aliphatic carbocycles. The van der Waals surface area contributed by atoms with Crippen LogP contribution in [0.5, 0.6) is 0 Å². The van der Waals surface area contributed by atoms with Gasteiger partial charge in [0.1, 0.15) is 11.6 Å². The summed E-state index contributed by atoms with van der Waals surface area (Å²) in [5, 5.41) is 4.66. The third kappa shape index (κ3) is 4.64. The van der Waals surface area contributed by atoms with Gasteiger partial charge in [0, 0.05) is 17.5 Å². The second kappa shape index (κ2) is 7.83. The van der Waals surface area contributed by atoms with Gasteiger partial charge in [-0.2, -0.15) is 0 Å². The van der Waals surface area contributed by atoms with Crippen molar-refractivity contribution in [3.63, 3.8) is 0 Å². The van der Waals surface area contributed by atoms with Crippen molar-refractivity contribution in [2.75, 3.05) is 11.9 Å². The van der Waals surface area contributed by atoms with Gasteiger partial charge in [0.2, 0.25) is 5.91 Å². The molecule has 1 aliphatic rings. The van der Waals surface area contributed by atoms with E-state index in [0.29, 0.717) is 35.8 Å². The van der Waals surface area contributed by atoms with Crippen molar-refractivity contribution in [3.8, 4) is 11.3 Å². The maximum Gasteiger partial charge on any atom is 0.410 e. The first-order valence-electron chi connectivity index (χ1n) is 8.85. The van der Waals surface area contributed by atoms with Crippen LogP contribution in [0.4, 0.5) is 18.7 Å². The van der Waals surface area contributed by atoms with Gasteiger partial charge in [-0.25, -0.2) is 18.6 Å². The molecule has 0 saturated carbocycles. The molecule has 2 aromatic rings. The van der Waals surface area contributed by atoms with Gasteiger partial charge in [-0.05, 0) is 51.8 Å². The molecule has 0 bridgehead atoms. The Kier molecular flexibility index (Phi) is 5.64. The van der Waals surface area contributed by atoms with Gasteiger partial charge in [-0.15, -0.1) is 11.3 Å². The highest BCUT2D eigenvalue weighted by Crippen LogP contribution is 2.27. The highest BCUT2D eigenvalue weighted by molar-refractivity contribution is 7.14. The van der Waals surface area contributed by atoms with Crippen molar-refractivity contribution in [3.05, 3.63) is 35.2 Å². The van der Waals surface area contributed by atoms with Gasteiger partial charge < -0.3 is 10.1 Å². The predicted octanol–water partition coefficient (Wildman–Crippen LogP) is 4.43. The lowest BCUT2D eigenvalue weighted by Gasteiger charge is -2.27. The number of nitrogens with zero attached hydrogens (tertiary/aromatic N) is 2. The number of hydrogen-bond acceptors (Lipinski definition) is 5. The first-order valence-corrected chi connectivity index (χ1v) is 9.73. The first-order chi connectivity index (χ1) is 13.1. The minimum Gasteiger partial charge on any atom is -0.444 e. The Bertz CT molecular complexity index is 895. The van der Waals surface area contributed by atoms with E-state index in [0.717, 1.165) is 12.1 Å². The van der Waals surface area contributed by atoms with Crippen molar-refractivity contribution in [2.24, 2.45) is 0 Å². The molecule has 0 spiro atoms. The number of aromatic nitrogens is 1. The molecule has 1 N–H and O–H groups in total. The molecule has 2 heterocycles. The molecule has 3 rings (SSSR count). The van der Waals surface area contributed by atoms with E-state index in [1.165, 1.54) is 22.3 Å². The van der Waals surface area contributed by atoms with E-state index >= 15 is 0 Å². The molecule has 1 aromatic carbocycles. The number of halogens is 2. The van der Waals surface area contributed by atoms with Crippen LogP contribution in [0.2, 0.25) is 0 Å². The molecule has 1 aromatic heterocycles. The molecule has 28 heavy (non-hydrogen) atoms. The number of likely N-dealkylation sites (tertiary alicyclic amines) is 1. The zero-order chi connectivity index (χ0) is 20.5. The van der Waals surface area contributed by atoms with Gasteiger partial charge in [0.25, 0.3) is 0 Å². The van der Waals surface area contributed by atoms with Crippen molar-refractivity contribution in [2.45, 2.75) is 45.3 Å². The van der Waals surface area contributed by atoms with Gasteiger partial charge in [0.05, 0.1) is 5.69 Å². The van der Waals surface area contributed by atoms with Crippen molar-refractivity contribution in [1.29, 1.82) is 0 Å². The quantitative estimate of drug-likeness (QED) is 0.814. The van der Waals surface area contributed by atoms with Crippen LogP contribution in [0.1, 0.15) is 33.6 Å². The number of benzene rings is 1. The third-order valence-electron chi connectivity index (χ3n) is 4.13. The van der Waals surface area contributed by atoms with Crippen LogP contribution in [-0.2, 0) is 9.53 Å². The second-order valence-corrected chi connectivity index (χ2v) is 8.35. The summed E-state index contributed by atoms with van der Waals surface area (Å²) in [4.78, 5) is 30.6. The number of carbonyl (C=O) groups is 2. The molecule has 0 unspecified atom stereocenters. The van der Waals surface area contributed by atoms with Crippen LogP contribution in [0.25, 0.3) is 11.3 Å². The molecular weight excluding hydrogens is 388 g/mol. The molecule has 1 aliphatic heterocycles. The first kappa shape index (κ1) is 20.2. The Morgan fingerprint density at radius 3 is 2.71 bits per heavy atom. The van der Waals surface area contributed by atoms with Gasteiger partial charge >= 0.3 is 6.09 Å². The summed E-state index contributed by atoms with van der Waals surface area (Å²) >= 11 is 1.17. The summed E-state index contributed by atoms with van der Waals surface area (Å²) in [5.41, 5.74) is 0.191. The van der Waals surface area contributed by atoms with Gasteiger partial charge in [-0.1, -0.05) is 0 Å². The Morgan fingerprint density at radius 1 is 1.29 bits per heavy atom.